The molecular formula is C16H18FNO3S2. The molecule has 0 amide bonds. The second-order valence-electron chi connectivity index (χ2n) is 6.14. The van der Waals surface area contributed by atoms with Gasteiger partial charge in [-0.2, -0.15) is 4.31 Å². The third kappa shape index (κ3) is 3.19. The van der Waals surface area contributed by atoms with E-state index < -0.39 is 21.7 Å². The molecule has 1 saturated heterocycles. The number of thiophene rings is 1. The van der Waals surface area contributed by atoms with Crippen LogP contribution in [0, 0.1) is 5.82 Å². The average Bonchev–Trinajstić information content (AvgIpc) is 3.01. The number of hydrogen-bond donors (Lipinski definition) is 0. The molecule has 0 saturated carbocycles. The van der Waals surface area contributed by atoms with Crippen LogP contribution in [-0.4, -0.2) is 31.4 Å². The molecule has 1 unspecified atom stereocenters. The van der Waals surface area contributed by atoms with Crippen LogP contribution in [0.5, 0.6) is 0 Å². The molecule has 3 rings (SSSR count). The Morgan fingerprint density at radius 3 is 2.74 bits per heavy atom. The molecule has 1 aliphatic heterocycles. The van der Waals surface area contributed by atoms with Crippen LogP contribution in [0.4, 0.5) is 4.39 Å². The molecule has 0 bridgehead atoms. The van der Waals surface area contributed by atoms with Gasteiger partial charge >= 0.3 is 0 Å². The maximum Gasteiger partial charge on any atom is 0.253 e. The molecule has 1 aromatic heterocycles. The monoisotopic (exact) mass is 355 g/mol. The normalized spacial score (nSPS) is 22.1. The molecule has 2 heterocycles. The van der Waals surface area contributed by atoms with Gasteiger partial charge in [0, 0.05) is 6.54 Å². The lowest BCUT2D eigenvalue weighted by atomic mass is 10.0. The second-order valence-corrected chi connectivity index (χ2v) is 9.17. The van der Waals surface area contributed by atoms with Crippen molar-refractivity contribution >= 4 is 21.4 Å². The first-order chi connectivity index (χ1) is 10.8. The molecule has 4 nitrogen and oxygen atoms in total. The summed E-state index contributed by atoms with van der Waals surface area (Å²) in [6.07, 6.45) is -0.478. The molecule has 0 aliphatic carbocycles. The van der Waals surface area contributed by atoms with Gasteiger partial charge in [-0.05, 0) is 43.0 Å². The van der Waals surface area contributed by atoms with Crippen molar-refractivity contribution in [1.29, 1.82) is 0 Å². The third-order valence-electron chi connectivity index (χ3n) is 3.90. The SMILES string of the molecule is CC1(C)COC(c2cccc(F)c2)CN1S(=O)(=O)c1cccs1. The number of morpholine rings is 1. The summed E-state index contributed by atoms with van der Waals surface area (Å²) >= 11 is 1.19. The molecule has 0 N–H and O–H groups in total. The lowest BCUT2D eigenvalue weighted by Gasteiger charge is -2.44. The zero-order chi connectivity index (χ0) is 16.7. The summed E-state index contributed by atoms with van der Waals surface area (Å²) in [6, 6.07) is 9.42. The van der Waals surface area contributed by atoms with Gasteiger partial charge in [0.05, 0.1) is 18.2 Å². The summed E-state index contributed by atoms with van der Waals surface area (Å²) in [5.74, 6) is -0.358. The van der Waals surface area contributed by atoms with Crippen molar-refractivity contribution in [1.82, 2.24) is 4.31 Å². The maximum absolute atomic E-state index is 13.4. The van der Waals surface area contributed by atoms with E-state index in [0.29, 0.717) is 9.77 Å². The van der Waals surface area contributed by atoms with E-state index in [0.717, 1.165) is 0 Å². The summed E-state index contributed by atoms with van der Waals surface area (Å²) < 4.78 is 46.9. The Bertz CT molecular complexity index is 787. The molecule has 1 fully saturated rings. The molecule has 124 valence electrons. The lowest BCUT2D eigenvalue weighted by molar-refractivity contribution is -0.0655. The molecule has 0 radical (unpaired) electrons. The summed E-state index contributed by atoms with van der Waals surface area (Å²) in [6.45, 7) is 4.08. The van der Waals surface area contributed by atoms with Crippen molar-refractivity contribution in [2.45, 2.75) is 29.7 Å². The Balaban J connectivity index is 1.94. The Morgan fingerprint density at radius 2 is 2.09 bits per heavy atom. The predicted octanol–water partition coefficient (Wildman–Crippen LogP) is 3.43. The van der Waals surface area contributed by atoms with Gasteiger partial charge in [0.15, 0.2) is 0 Å². The van der Waals surface area contributed by atoms with Crippen molar-refractivity contribution in [3.8, 4) is 0 Å². The van der Waals surface area contributed by atoms with Crippen LogP contribution >= 0.6 is 11.3 Å². The maximum atomic E-state index is 13.4. The van der Waals surface area contributed by atoms with Gasteiger partial charge in [-0.25, -0.2) is 12.8 Å². The fourth-order valence-corrected chi connectivity index (χ4v) is 5.55. The number of rotatable bonds is 3. The highest BCUT2D eigenvalue weighted by Gasteiger charge is 2.43. The minimum absolute atomic E-state index is 0.163. The van der Waals surface area contributed by atoms with Crippen LogP contribution in [0.25, 0.3) is 0 Å². The number of benzene rings is 1. The topological polar surface area (TPSA) is 46.6 Å². The molecule has 1 aliphatic rings. The number of sulfonamides is 1. The highest BCUT2D eigenvalue weighted by molar-refractivity contribution is 7.91. The standard InChI is InChI=1S/C16H18FNO3S2/c1-16(2)11-21-14(12-5-3-6-13(17)9-12)10-18(16)23(19,20)15-7-4-8-22-15/h3-9,14H,10-11H2,1-2H3. The van der Waals surface area contributed by atoms with Gasteiger partial charge in [-0.1, -0.05) is 18.2 Å². The van der Waals surface area contributed by atoms with E-state index in [1.165, 1.54) is 27.8 Å². The first-order valence-corrected chi connectivity index (χ1v) is 9.56. The lowest BCUT2D eigenvalue weighted by Crippen LogP contribution is -2.55. The highest BCUT2D eigenvalue weighted by Crippen LogP contribution is 2.35. The Morgan fingerprint density at radius 1 is 1.30 bits per heavy atom. The first-order valence-electron chi connectivity index (χ1n) is 7.24. The summed E-state index contributed by atoms with van der Waals surface area (Å²) in [5, 5.41) is 1.74. The van der Waals surface area contributed by atoms with Crippen LogP contribution in [-0.2, 0) is 14.8 Å². The minimum Gasteiger partial charge on any atom is -0.370 e. The number of ether oxygens (including phenoxy) is 1. The van der Waals surface area contributed by atoms with E-state index in [-0.39, 0.29) is 19.0 Å². The van der Waals surface area contributed by atoms with Crippen LogP contribution < -0.4 is 0 Å². The van der Waals surface area contributed by atoms with Crippen LogP contribution in [0.2, 0.25) is 0 Å². The van der Waals surface area contributed by atoms with Crippen LogP contribution in [0.1, 0.15) is 25.5 Å². The van der Waals surface area contributed by atoms with Crippen molar-refractivity contribution < 1.29 is 17.5 Å². The smallest absolute Gasteiger partial charge is 0.253 e. The number of halogens is 1. The summed E-state index contributed by atoms with van der Waals surface area (Å²) in [5.41, 5.74) is -0.0148. The van der Waals surface area contributed by atoms with Crippen LogP contribution in [0.3, 0.4) is 0 Å². The first kappa shape index (κ1) is 16.6. The Kier molecular flexibility index (Phi) is 4.31. The van der Waals surface area contributed by atoms with Gasteiger partial charge in [-0.3, -0.25) is 0 Å². The Hall–Kier alpha value is -1.28. The fraction of sp³-hybridized carbons (Fsp3) is 0.375. The Labute approximate surface area is 139 Å². The molecular weight excluding hydrogens is 337 g/mol. The second kappa shape index (κ2) is 5.98. The molecule has 7 heteroatoms. The molecule has 23 heavy (non-hydrogen) atoms. The van der Waals surface area contributed by atoms with Gasteiger partial charge in [0.25, 0.3) is 10.0 Å². The van der Waals surface area contributed by atoms with E-state index in [4.69, 9.17) is 4.74 Å². The van der Waals surface area contributed by atoms with Gasteiger partial charge < -0.3 is 4.74 Å². The quantitative estimate of drug-likeness (QED) is 0.847. The minimum atomic E-state index is -3.60. The number of hydrogen-bond acceptors (Lipinski definition) is 4. The zero-order valence-corrected chi connectivity index (χ0v) is 14.5. The van der Waals surface area contributed by atoms with Crippen molar-refractivity contribution in [2.24, 2.45) is 0 Å². The van der Waals surface area contributed by atoms with Crippen molar-refractivity contribution in [3.63, 3.8) is 0 Å². The van der Waals surface area contributed by atoms with Gasteiger partial charge in [0.2, 0.25) is 0 Å². The van der Waals surface area contributed by atoms with Crippen LogP contribution in [0.15, 0.2) is 46.0 Å². The molecule has 0 spiro atoms. The van der Waals surface area contributed by atoms with E-state index in [9.17, 15) is 12.8 Å². The predicted molar refractivity (Wildman–Crippen MR) is 87.4 cm³/mol. The number of nitrogens with zero attached hydrogens (tertiary/aromatic N) is 1. The van der Waals surface area contributed by atoms with E-state index in [1.54, 1.807) is 29.6 Å². The fourth-order valence-electron chi connectivity index (χ4n) is 2.68. The largest absolute Gasteiger partial charge is 0.370 e. The zero-order valence-electron chi connectivity index (χ0n) is 12.9. The summed E-state index contributed by atoms with van der Waals surface area (Å²) in [4.78, 5) is 0. The van der Waals surface area contributed by atoms with Crippen molar-refractivity contribution in [3.05, 3.63) is 53.2 Å². The van der Waals surface area contributed by atoms with Crippen molar-refractivity contribution in [2.75, 3.05) is 13.2 Å². The third-order valence-corrected chi connectivity index (χ3v) is 7.35. The molecule has 1 atom stereocenters. The summed E-state index contributed by atoms with van der Waals surface area (Å²) in [7, 11) is -3.60. The van der Waals surface area contributed by atoms with E-state index >= 15 is 0 Å². The molecule has 2 aromatic rings. The van der Waals surface area contributed by atoms with E-state index in [1.807, 2.05) is 13.8 Å². The average molecular weight is 355 g/mol. The van der Waals surface area contributed by atoms with E-state index in [2.05, 4.69) is 0 Å². The molecule has 1 aromatic carbocycles. The highest BCUT2D eigenvalue weighted by atomic mass is 32.2. The van der Waals surface area contributed by atoms with Gasteiger partial charge in [-0.15, -0.1) is 11.3 Å². The van der Waals surface area contributed by atoms with Gasteiger partial charge in [0.1, 0.15) is 10.0 Å².